The Kier molecular flexibility index (Phi) is 5.31. The van der Waals surface area contributed by atoms with Crippen LogP contribution in [0.25, 0.3) is 11.3 Å². The highest BCUT2D eigenvalue weighted by Gasteiger charge is 2.49. The highest BCUT2D eigenvalue weighted by molar-refractivity contribution is 7.89. The second-order valence-corrected chi connectivity index (χ2v) is 8.67. The van der Waals surface area contributed by atoms with Gasteiger partial charge in [-0.05, 0) is 6.92 Å². The molecule has 0 saturated carbocycles. The van der Waals surface area contributed by atoms with Crippen LogP contribution in [0.5, 0.6) is 0 Å². The van der Waals surface area contributed by atoms with Crippen LogP contribution >= 0.6 is 0 Å². The highest BCUT2D eigenvalue weighted by atomic mass is 32.2. The number of sulfonamides is 1. The molecule has 0 aliphatic carbocycles. The van der Waals surface area contributed by atoms with Crippen molar-refractivity contribution in [2.24, 2.45) is 0 Å². The second kappa shape index (κ2) is 7.57. The standard InChI is InChI=1S/C16H17N7O5S/c1-2-29(27,28)22-7-16(8-22,3-4-17)23-6-11(5-21-23)13-12(15(25)26)14(20-10-24)19-9-18-13/h5-6,9-10H,2-3,7-8H2,1H3,(H,25,26)(H,18,19,20,24). The summed E-state index contributed by atoms with van der Waals surface area (Å²) >= 11 is 0. The second-order valence-electron chi connectivity index (χ2n) is 6.41. The molecule has 0 bridgehead atoms. The van der Waals surface area contributed by atoms with Crippen LogP contribution in [0, 0.1) is 11.3 Å². The summed E-state index contributed by atoms with van der Waals surface area (Å²) in [6.45, 7) is 1.72. The van der Waals surface area contributed by atoms with Crippen LogP contribution in [0.1, 0.15) is 23.7 Å². The first-order chi connectivity index (χ1) is 13.8. The number of aromatic carboxylic acids is 1. The van der Waals surface area contributed by atoms with Gasteiger partial charge in [-0.25, -0.2) is 23.2 Å². The van der Waals surface area contributed by atoms with Crippen molar-refractivity contribution >= 4 is 28.2 Å². The number of nitrogens with zero attached hydrogens (tertiary/aromatic N) is 6. The fourth-order valence-corrected chi connectivity index (χ4v) is 4.39. The lowest BCUT2D eigenvalue weighted by atomic mass is 9.89. The maximum Gasteiger partial charge on any atom is 0.341 e. The minimum atomic E-state index is -3.39. The SMILES string of the molecule is CCS(=O)(=O)N1CC(CC#N)(n2cc(-c3ncnc(NC=O)c3C(=O)O)cn2)C1. The Hall–Kier alpha value is -3.37. The number of anilines is 1. The number of amides is 1. The summed E-state index contributed by atoms with van der Waals surface area (Å²) in [5.41, 5.74) is -0.798. The van der Waals surface area contributed by atoms with Crippen LogP contribution in [0.4, 0.5) is 5.82 Å². The zero-order chi connectivity index (χ0) is 21.2. The van der Waals surface area contributed by atoms with Crippen molar-refractivity contribution in [3.05, 3.63) is 24.3 Å². The van der Waals surface area contributed by atoms with Crippen LogP contribution in [0.3, 0.4) is 0 Å². The van der Waals surface area contributed by atoms with Crippen LogP contribution < -0.4 is 5.32 Å². The molecule has 0 spiro atoms. The maximum atomic E-state index is 12.0. The van der Waals surface area contributed by atoms with Gasteiger partial charge in [-0.3, -0.25) is 9.48 Å². The van der Waals surface area contributed by atoms with Gasteiger partial charge in [-0.1, -0.05) is 0 Å². The van der Waals surface area contributed by atoms with Gasteiger partial charge in [0.05, 0.1) is 30.1 Å². The van der Waals surface area contributed by atoms with Gasteiger partial charge in [0.15, 0.2) is 5.82 Å². The average Bonchev–Trinajstić information content (AvgIpc) is 3.14. The molecule has 1 aliphatic heterocycles. The molecule has 0 radical (unpaired) electrons. The third kappa shape index (κ3) is 3.55. The van der Waals surface area contributed by atoms with Crippen LogP contribution in [0.2, 0.25) is 0 Å². The molecule has 29 heavy (non-hydrogen) atoms. The van der Waals surface area contributed by atoms with E-state index in [9.17, 15) is 28.4 Å². The quantitative estimate of drug-likeness (QED) is 0.553. The molecular weight excluding hydrogens is 402 g/mol. The predicted octanol–water partition coefficient (Wildman–Crippen LogP) is -0.119. The Morgan fingerprint density at radius 1 is 1.45 bits per heavy atom. The number of rotatable bonds is 8. The maximum absolute atomic E-state index is 12.0. The van der Waals surface area contributed by atoms with Gasteiger partial charge in [-0.2, -0.15) is 14.7 Å². The van der Waals surface area contributed by atoms with E-state index in [0.717, 1.165) is 6.33 Å². The average molecular weight is 419 g/mol. The van der Waals surface area contributed by atoms with Crippen molar-refractivity contribution in [1.82, 2.24) is 24.1 Å². The van der Waals surface area contributed by atoms with Crippen molar-refractivity contribution in [2.45, 2.75) is 18.9 Å². The lowest BCUT2D eigenvalue weighted by Gasteiger charge is -2.47. The van der Waals surface area contributed by atoms with E-state index in [2.05, 4.69) is 26.5 Å². The normalized spacial score (nSPS) is 15.9. The summed E-state index contributed by atoms with van der Waals surface area (Å²) in [5, 5.41) is 25.2. The van der Waals surface area contributed by atoms with Gasteiger partial charge in [0.1, 0.15) is 17.4 Å². The zero-order valence-electron chi connectivity index (χ0n) is 15.3. The summed E-state index contributed by atoms with van der Waals surface area (Å²) in [6.07, 6.45) is 4.32. The molecule has 0 unspecified atom stereocenters. The smallest absolute Gasteiger partial charge is 0.341 e. The summed E-state index contributed by atoms with van der Waals surface area (Å²) in [4.78, 5) is 30.1. The van der Waals surface area contributed by atoms with Gasteiger partial charge in [0, 0.05) is 24.8 Å². The topological polar surface area (TPSA) is 171 Å². The van der Waals surface area contributed by atoms with Crippen LogP contribution in [0.15, 0.2) is 18.7 Å². The van der Waals surface area contributed by atoms with E-state index in [0.29, 0.717) is 12.0 Å². The van der Waals surface area contributed by atoms with Gasteiger partial charge in [0.25, 0.3) is 0 Å². The molecule has 1 fully saturated rings. The van der Waals surface area contributed by atoms with Crippen molar-refractivity contribution in [2.75, 3.05) is 24.2 Å². The first-order valence-electron chi connectivity index (χ1n) is 8.47. The van der Waals surface area contributed by atoms with Gasteiger partial charge in [0.2, 0.25) is 16.4 Å². The monoisotopic (exact) mass is 419 g/mol. The Balaban J connectivity index is 1.99. The lowest BCUT2D eigenvalue weighted by molar-refractivity contribution is -0.105. The molecule has 2 aromatic rings. The summed E-state index contributed by atoms with van der Waals surface area (Å²) in [7, 11) is -3.39. The number of nitrogens with one attached hydrogen (secondary N) is 1. The lowest BCUT2D eigenvalue weighted by Crippen LogP contribution is -2.64. The largest absolute Gasteiger partial charge is 0.477 e. The van der Waals surface area contributed by atoms with E-state index in [-0.39, 0.29) is 42.3 Å². The summed E-state index contributed by atoms with van der Waals surface area (Å²) < 4.78 is 26.8. The molecule has 3 rings (SSSR count). The highest BCUT2D eigenvalue weighted by Crippen LogP contribution is 2.35. The molecule has 1 saturated heterocycles. The molecule has 0 atom stereocenters. The molecule has 12 nitrogen and oxygen atoms in total. The fraction of sp³-hybridized carbons (Fsp3) is 0.375. The Morgan fingerprint density at radius 3 is 2.76 bits per heavy atom. The Morgan fingerprint density at radius 2 is 2.17 bits per heavy atom. The third-order valence-electron chi connectivity index (χ3n) is 4.71. The molecule has 0 aromatic carbocycles. The van der Waals surface area contributed by atoms with Gasteiger partial charge >= 0.3 is 5.97 Å². The predicted molar refractivity (Wildman–Crippen MR) is 99.1 cm³/mol. The van der Waals surface area contributed by atoms with Crippen molar-refractivity contribution in [1.29, 1.82) is 5.26 Å². The van der Waals surface area contributed by atoms with Crippen LogP contribution in [-0.2, 0) is 20.4 Å². The zero-order valence-corrected chi connectivity index (χ0v) is 16.1. The molecule has 152 valence electrons. The summed E-state index contributed by atoms with van der Waals surface area (Å²) in [5.74, 6) is -1.55. The minimum Gasteiger partial charge on any atom is -0.477 e. The van der Waals surface area contributed by atoms with E-state index in [1.807, 2.05) is 0 Å². The molecule has 2 aromatic heterocycles. The number of carboxylic acids is 1. The van der Waals surface area contributed by atoms with E-state index in [4.69, 9.17) is 0 Å². The molecule has 1 amide bonds. The fourth-order valence-electron chi connectivity index (χ4n) is 3.15. The van der Waals surface area contributed by atoms with Gasteiger partial charge < -0.3 is 10.4 Å². The Labute approximate surface area is 165 Å². The summed E-state index contributed by atoms with van der Waals surface area (Å²) in [6, 6.07) is 2.05. The van der Waals surface area contributed by atoms with E-state index in [1.165, 1.54) is 21.4 Å². The molecule has 1 aliphatic rings. The molecular formula is C16H17N7O5S. The first-order valence-corrected chi connectivity index (χ1v) is 10.1. The number of carbonyl (C=O) groups excluding carboxylic acids is 1. The van der Waals surface area contributed by atoms with E-state index < -0.39 is 21.5 Å². The number of hydrogen-bond acceptors (Lipinski definition) is 8. The number of carboxylic acid groups (broad SMARTS) is 1. The number of aromatic nitrogens is 4. The van der Waals surface area contributed by atoms with Crippen molar-refractivity contribution in [3.8, 4) is 17.3 Å². The Bertz CT molecular complexity index is 1100. The van der Waals surface area contributed by atoms with Crippen molar-refractivity contribution < 1.29 is 23.1 Å². The number of carbonyl (C=O) groups is 2. The van der Waals surface area contributed by atoms with Gasteiger partial charge in [-0.15, -0.1) is 0 Å². The number of nitriles is 1. The van der Waals surface area contributed by atoms with E-state index >= 15 is 0 Å². The number of hydrogen-bond donors (Lipinski definition) is 2. The first kappa shape index (κ1) is 20.4. The minimum absolute atomic E-state index is 0.0252. The van der Waals surface area contributed by atoms with Crippen LogP contribution in [-0.4, -0.2) is 68.8 Å². The van der Waals surface area contributed by atoms with Crippen molar-refractivity contribution in [3.63, 3.8) is 0 Å². The third-order valence-corrected chi connectivity index (χ3v) is 6.48. The van der Waals surface area contributed by atoms with E-state index in [1.54, 1.807) is 6.92 Å². The molecule has 3 heterocycles. The molecule has 2 N–H and O–H groups in total. The molecule has 13 heteroatoms.